The molecule has 1 aromatic carbocycles. The SMILES string of the molecule is CC(C)O[SiH2]c1ccc([SiH2]OC(C)C)cc1. The summed E-state index contributed by atoms with van der Waals surface area (Å²) in [6.45, 7) is 8.35. The van der Waals surface area contributed by atoms with Crippen LogP contribution in [0, 0.1) is 0 Å². The maximum atomic E-state index is 5.68. The summed E-state index contributed by atoms with van der Waals surface area (Å²) in [6.07, 6.45) is 0.704. The lowest BCUT2D eigenvalue weighted by Crippen LogP contribution is -2.25. The molecule has 0 bridgehead atoms. The molecule has 4 heteroatoms. The third-order valence-corrected chi connectivity index (χ3v) is 5.47. The fourth-order valence-electron chi connectivity index (χ4n) is 1.26. The zero-order valence-corrected chi connectivity index (χ0v) is 13.5. The molecular weight excluding hydrogens is 232 g/mol. The molecule has 0 N–H and O–H groups in total. The molecule has 1 aromatic rings. The Labute approximate surface area is 103 Å². The smallest absolute Gasteiger partial charge is 0.192 e. The highest BCUT2D eigenvalue weighted by molar-refractivity contribution is 6.49. The normalized spacial score (nSPS) is 12.9. The van der Waals surface area contributed by atoms with Gasteiger partial charge in [0.1, 0.15) is 0 Å². The lowest BCUT2D eigenvalue weighted by atomic mass is 10.4. The van der Waals surface area contributed by atoms with Gasteiger partial charge >= 0.3 is 0 Å². The van der Waals surface area contributed by atoms with Gasteiger partial charge in [0.05, 0.1) is 0 Å². The zero-order valence-electron chi connectivity index (χ0n) is 10.7. The topological polar surface area (TPSA) is 18.5 Å². The Morgan fingerprint density at radius 1 is 0.750 bits per heavy atom. The first kappa shape index (κ1) is 13.6. The van der Waals surface area contributed by atoms with E-state index in [1.807, 2.05) is 0 Å². The first-order valence-corrected chi connectivity index (χ1v) is 8.46. The Morgan fingerprint density at radius 2 is 1.06 bits per heavy atom. The van der Waals surface area contributed by atoms with Crippen LogP contribution in [0.15, 0.2) is 24.3 Å². The maximum absolute atomic E-state index is 5.68. The molecule has 0 unspecified atom stereocenters. The molecule has 0 saturated carbocycles. The number of rotatable bonds is 6. The zero-order chi connectivity index (χ0) is 12.0. The van der Waals surface area contributed by atoms with Crippen LogP contribution < -0.4 is 10.4 Å². The quantitative estimate of drug-likeness (QED) is 0.663. The van der Waals surface area contributed by atoms with Gasteiger partial charge in [-0.1, -0.05) is 24.3 Å². The number of benzene rings is 1. The van der Waals surface area contributed by atoms with Crippen LogP contribution in [0.4, 0.5) is 0 Å². The van der Waals surface area contributed by atoms with E-state index in [0.29, 0.717) is 12.2 Å². The fourth-order valence-corrected chi connectivity index (χ4v) is 3.17. The molecule has 0 aromatic heterocycles. The molecule has 2 nitrogen and oxygen atoms in total. The minimum Gasteiger partial charge on any atom is -0.416 e. The second kappa shape index (κ2) is 7.01. The molecule has 90 valence electrons. The van der Waals surface area contributed by atoms with E-state index in [0.717, 1.165) is 0 Å². The molecule has 0 fully saturated rings. The van der Waals surface area contributed by atoms with E-state index >= 15 is 0 Å². The van der Waals surface area contributed by atoms with Crippen LogP contribution in [-0.4, -0.2) is 31.7 Å². The Hall–Kier alpha value is -0.426. The van der Waals surface area contributed by atoms with Crippen LogP contribution in [0.25, 0.3) is 0 Å². The van der Waals surface area contributed by atoms with E-state index in [9.17, 15) is 0 Å². The largest absolute Gasteiger partial charge is 0.416 e. The highest BCUT2D eigenvalue weighted by Crippen LogP contribution is 1.88. The van der Waals surface area contributed by atoms with Crippen molar-refractivity contribution in [3.8, 4) is 0 Å². The average Bonchev–Trinajstić information content (AvgIpc) is 2.25. The molecule has 0 heterocycles. The van der Waals surface area contributed by atoms with Gasteiger partial charge in [-0.2, -0.15) is 0 Å². The van der Waals surface area contributed by atoms with Crippen LogP contribution in [-0.2, 0) is 8.85 Å². The standard InChI is InChI=1S/C12H22O2Si2/c1-9(2)13-15-11-5-7-12(8-6-11)16-14-10(3)4/h5-10H,15-16H2,1-4H3. The molecule has 0 saturated heterocycles. The summed E-state index contributed by atoms with van der Waals surface area (Å²) >= 11 is 0. The lowest BCUT2D eigenvalue weighted by Gasteiger charge is -2.09. The predicted molar refractivity (Wildman–Crippen MR) is 75.2 cm³/mol. The fraction of sp³-hybridized carbons (Fsp3) is 0.500. The highest BCUT2D eigenvalue weighted by Gasteiger charge is 2.00. The molecule has 0 amide bonds. The van der Waals surface area contributed by atoms with E-state index in [1.54, 1.807) is 0 Å². The van der Waals surface area contributed by atoms with Gasteiger partial charge in [0.25, 0.3) is 0 Å². The molecule has 0 aliphatic rings. The van der Waals surface area contributed by atoms with E-state index in [-0.39, 0.29) is 0 Å². The van der Waals surface area contributed by atoms with Crippen LogP contribution in [0.5, 0.6) is 0 Å². The van der Waals surface area contributed by atoms with E-state index in [4.69, 9.17) is 8.85 Å². The molecule has 0 spiro atoms. The third-order valence-electron chi connectivity index (χ3n) is 2.19. The summed E-state index contributed by atoms with van der Waals surface area (Å²) < 4.78 is 11.4. The summed E-state index contributed by atoms with van der Waals surface area (Å²) in [5, 5.41) is 2.74. The van der Waals surface area contributed by atoms with Crippen molar-refractivity contribution in [1.82, 2.24) is 0 Å². The first-order valence-electron chi connectivity index (χ1n) is 5.89. The Morgan fingerprint density at radius 3 is 1.31 bits per heavy atom. The van der Waals surface area contributed by atoms with Gasteiger partial charge in [0, 0.05) is 12.2 Å². The van der Waals surface area contributed by atoms with Gasteiger partial charge in [-0.3, -0.25) is 0 Å². The van der Waals surface area contributed by atoms with Crippen molar-refractivity contribution >= 4 is 29.9 Å². The van der Waals surface area contributed by atoms with Gasteiger partial charge in [-0.15, -0.1) is 0 Å². The van der Waals surface area contributed by atoms with Gasteiger partial charge in [0.15, 0.2) is 19.5 Å². The van der Waals surface area contributed by atoms with Crippen LogP contribution in [0.1, 0.15) is 27.7 Å². The summed E-state index contributed by atoms with van der Waals surface area (Å²) in [5.74, 6) is 0. The van der Waals surface area contributed by atoms with Crippen molar-refractivity contribution < 1.29 is 8.85 Å². The minimum absolute atomic E-state index is 0.352. The van der Waals surface area contributed by atoms with Crippen molar-refractivity contribution in [2.24, 2.45) is 0 Å². The van der Waals surface area contributed by atoms with Crippen LogP contribution in [0.2, 0.25) is 0 Å². The van der Waals surface area contributed by atoms with Gasteiger partial charge in [-0.05, 0) is 38.1 Å². The minimum atomic E-state index is -0.530. The second-order valence-electron chi connectivity index (χ2n) is 4.54. The highest BCUT2D eigenvalue weighted by atomic mass is 28.2. The lowest BCUT2D eigenvalue weighted by molar-refractivity contribution is 0.260. The average molecular weight is 254 g/mol. The molecule has 0 radical (unpaired) electrons. The van der Waals surface area contributed by atoms with Crippen LogP contribution in [0.3, 0.4) is 0 Å². The molecule has 16 heavy (non-hydrogen) atoms. The Kier molecular flexibility index (Phi) is 5.97. The second-order valence-corrected chi connectivity index (χ2v) is 7.41. The summed E-state index contributed by atoms with van der Waals surface area (Å²) in [5.41, 5.74) is 0. The number of hydrogen-bond acceptors (Lipinski definition) is 2. The van der Waals surface area contributed by atoms with Gasteiger partial charge in [-0.25, -0.2) is 0 Å². The van der Waals surface area contributed by atoms with Crippen molar-refractivity contribution in [2.45, 2.75) is 39.9 Å². The Balaban J connectivity index is 2.41. The van der Waals surface area contributed by atoms with Gasteiger partial charge in [0.2, 0.25) is 0 Å². The molecule has 0 aliphatic carbocycles. The molecule has 0 atom stereocenters. The van der Waals surface area contributed by atoms with Crippen molar-refractivity contribution in [1.29, 1.82) is 0 Å². The molecule has 0 aliphatic heterocycles. The predicted octanol–water partition coefficient (Wildman–Crippen LogP) is -0.0452. The maximum Gasteiger partial charge on any atom is 0.192 e. The van der Waals surface area contributed by atoms with E-state index in [1.165, 1.54) is 10.4 Å². The molecule has 1 rings (SSSR count). The summed E-state index contributed by atoms with van der Waals surface area (Å²) in [6, 6.07) is 8.78. The monoisotopic (exact) mass is 254 g/mol. The van der Waals surface area contributed by atoms with Gasteiger partial charge < -0.3 is 8.85 Å². The van der Waals surface area contributed by atoms with E-state index in [2.05, 4.69) is 52.0 Å². The van der Waals surface area contributed by atoms with Crippen molar-refractivity contribution in [2.75, 3.05) is 0 Å². The van der Waals surface area contributed by atoms with Crippen molar-refractivity contribution in [3.05, 3.63) is 24.3 Å². The van der Waals surface area contributed by atoms with Crippen LogP contribution >= 0.6 is 0 Å². The third kappa shape index (κ3) is 5.60. The first-order chi connectivity index (χ1) is 7.58. The van der Waals surface area contributed by atoms with E-state index < -0.39 is 19.5 Å². The number of hydrogen-bond donors (Lipinski definition) is 0. The van der Waals surface area contributed by atoms with Crippen molar-refractivity contribution in [3.63, 3.8) is 0 Å². The molecular formula is C12H22O2Si2. The summed E-state index contributed by atoms with van der Waals surface area (Å²) in [4.78, 5) is 0. The summed E-state index contributed by atoms with van der Waals surface area (Å²) in [7, 11) is -1.06. The Bertz CT molecular complexity index is 265.